The summed E-state index contributed by atoms with van der Waals surface area (Å²) in [5.74, 6) is 0.504. The third-order valence-corrected chi connectivity index (χ3v) is 3.37. The molecule has 0 heterocycles. The standard InChI is InChI=1S/C16H16BrNO2/c1-11-3-8-15(12(2)9-11)18-16(19)10-20-14-6-4-13(17)5-7-14/h3-9H,10H2,1-2H3,(H,18,19). The second-order valence-corrected chi connectivity index (χ2v) is 5.52. The van der Waals surface area contributed by atoms with Gasteiger partial charge in [0.25, 0.3) is 5.91 Å². The second-order valence-electron chi connectivity index (χ2n) is 4.61. The molecule has 2 aromatic carbocycles. The molecule has 104 valence electrons. The molecule has 1 amide bonds. The number of benzene rings is 2. The molecule has 0 saturated carbocycles. The van der Waals surface area contributed by atoms with E-state index in [0.717, 1.165) is 15.7 Å². The Kier molecular flexibility index (Phi) is 4.79. The highest BCUT2D eigenvalue weighted by molar-refractivity contribution is 9.10. The fraction of sp³-hybridized carbons (Fsp3) is 0.188. The lowest BCUT2D eigenvalue weighted by atomic mass is 10.1. The van der Waals surface area contributed by atoms with Crippen molar-refractivity contribution in [2.75, 3.05) is 11.9 Å². The summed E-state index contributed by atoms with van der Waals surface area (Å²) in [5.41, 5.74) is 3.04. The zero-order valence-electron chi connectivity index (χ0n) is 11.4. The van der Waals surface area contributed by atoms with Crippen LogP contribution >= 0.6 is 15.9 Å². The highest BCUT2D eigenvalue weighted by Crippen LogP contribution is 2.17. The normalized spacial score (nSPS) is 10.2. The minimum absolute atomic E-state index is 0.00501. The molecule has 1 N–H and O–H groups in total. The molecule has 0 fully saturated rings. The molecule has 2 aromatic rings. The van der Waals surface area contributed by atoms with Gasteiger partial charge in [0.15, 0.2) is 6.61 Å². The summed E-state index contributed by atoms with van der Waals surface area (Å²) in [6.07, 6.45) is 0. The summed E-state index contributed by atoms with van der Waals surface area (Å²) < 4.78 is 6.40. The topological polar surface area (TPSA) is 38.3 Å². The van der Waals surface area contributed by atoms with Crippen molar-refractivity contribution in [1.29, 1.82) is 0 Å². The summed E-state index contributed by atoms with van der Waals surface area (Å²) >= 11 is 3.35. The maximum absolute atomic E-state index is 11.8. The smallest absolute Gasteiger partial charge is 0.262 e. The predicted molar refractivity (Wildman–Crippen MR) is 84.2 cm³/mol. The Morgan fingerprint density at radius 2 is 1.85 bits per heavy atom. The number of amides is 1. The van der Waals surface area contributed by atoms with E-state index >= 15 is 0 Å². The zero-order valence-corrected chi connectivity index (χ0v) is 13.0. The summed E-state index contributed by atoms with van der Waals surface area (Å²) in [4.78, 5) is 11.8. The molecule has 0 aliphatic carbocycles. The molecule has 0 aliphatic heterocycles. The summed E-state index contributed by atoms with van der Waals surface area (Å²) in [7, 11) is 0. The molecule has 0 saturated heterocycles. The molecule has 4 heteroatoms. The van der Waals surface area contributed by atoms with Crippen LogP contribution in [0, 0.1) is 13.8 Å². The van der Waals surface area contributed by atoms with Crippen molar-refractivity contribution in [3.8, 4) is 5.75 Å². The van der Waals surface area contributed by atoms with Gasteiger partial charge in [-0.15, -0.1) is 0 Å². The van der Waals surface area contributed by atoms with Crippen LogP contribution in [-0.4, -0.2) is 12.5 Å². The van der Waals surface area contributed by atoms with Gasteiger partial charge in [0.2, 0.25) is 0 Å². The number of ether oxygens (including phenoxy) is 1. The van der Waals surface area contributed by atoms with Gasteiger partial charge in [-0.2, -0.15) is 0 Å². The summed E-state index contributed by atoms with van der Waals surface area (Å²) in [6.45, 7) is 3.99. The monoisotopic (exact) mass is 333 g/mol. The molecule has 0 unspecified atom stereocenters. The fourth-order valence-electron chi connectivity index (χ4n) is 1.82. The van der Waals surface area contributed by atoms with Crippen molar-refractivity contribution >= 4 is 27.5 Å². The minimum atomic E-state index is -0.167. The number of anilines is 1. The van der Waals surface area contributed by atoms with E-state index in [2.05, 4.69) is 21.2 Å². The van der Waals surface area contributed by atoms with Crippen molar-refractivity contribution in [3.63, 3.8) is 0 Å². The first-order chi connectivity index (χ1) is 9.54. The first kappa shape index (κ1) is 14.6. The minimum Gasteiger partial charge on any atom is -0.484 e. The third-order valence-electron chi connectivity index (χ3n) is 2.84. The number of carbonyl (C=O) groups is 1. The molecule has 0 bridgehead atoms. The first-order valence-corrected chi connectivity index (χ1v) is 7.09. The number of hydrogen-bond acceptors (Lipinski definition) is 2. The Hall–Kier alpha value is -1.81. The van der Waals surface area contributed by atoms with Crippen LogP contribution in [0.1, 0.15) is 11.1 Å². The van der Waals surface area contributed by atoms with Gasteiger partial charge >= 0.3 is 0 Å². The number of rotatable bonds is 4. The molecule has 0 radical (unpaired) electrons. The largest absolute Gasteiger partial charge is 0.484 e. The number of hydrogen-bond donors (Lipinski definition) is 1. The summed E-state index contributed by atoms with van der Waals surface area (Å²) in [5, 5.41) is 2.85. The number of aryl methyl sites for hydroxylation is 2. The quantitative estimate of drug-likeness (QED) is 0.915. The molecular weight excluding hydrogens is 318 g/mol. The maximum Gasteiger partial charge on any atom is 0.262 e. The molecule has 0 spiro atoms. The van der Waals surface area contributed by atoms with Gasteiger partial charge in [0.1, 0.15) is 5.75 Å². The highest BCUT2D eigenvalue weighted by atomic mass is 79.9. The van der Waals surface area contributed by atoms with E-state index in [1.165, 1.54) is 5.56 Å². The van der Waals surface area contributed by atoms with Gasteiger partial charge in [0.05, 0.1) is 0 Å². The number of halogens is 1. The van der Waals surface area contributed by atoms with E-state index in [-0.39, 0.29) is 12.5 Å². The van der Waals surface area contributed by atoms with Crippen LogP contribution in [0.15, 0.2) is 46.9 Å². The van der Waals surface area contributed by atoms with Crippen molar-refractivity contribution in [2.45, 2.75) is 13.8 Å². The first-order valence-electron chi connectivity index (χ1n) is 6.30. The van der Waals surface area contributed by atoms with E-state index in [4.69, 9.17) is 4.74 Å². The van der Waals surface area contributed by atoms with Gasteiger partial charge in [-0.3, -0.25) is 4.79 Å². The second kappa shape index (κ2) is 6.57. The molecule has 0 atom stereocenters. The van der Waals surface area contributed by atoms with Crippen LogP contribution < -0.4 is 10.1 Å². The van der Waals surface area contributed by atoms with Crippen LogP contribution in [0.3, 0.4) is 0 Å². The molecule has 0 aliphatic rings. The van der Waals surface area contributed by atoms with Crippen molar-refractivity contribution < 1.29 is 9.53 Å². The molecule has 20 heavy (non-hydrogen) atoms. The average Bonchev–Trinajstić information content (AvgIpc) is 2.41. The van der Waals surface area contributed by atoms with Gasteiger partial charge < -0.3 is 10.1 Å². The van der Waals surface area contributed by atoms with E-state index < -0.39 is 0 Å². The van der Waals surface area contributed by atoms with Gasteiger partial charge in [-0.05, 0) is 49.7 Å². The third kappa shape index (κ3) is 4.10. The van der Waals surface area contributed by atoms with Crippen LogP contribution in [0.2, 0.25) is 0 Å². The number of carbonyl (C=O) groups excluding carboxylic acids is 1. The van der Waals surface area contributed by atoms with Crippen LogP contribution in [-0.2, 0) is 4.79 Å². The molecule has 3 nitrogen and oxygen atoms in total. The molecular formula is C16H16BrNO2. The average molecular weight is 334 g/mol. The fourth-order valence-corrected chi connectivity index (χ4v) is 2.08. The predicted octanol–water partition coefficient (Wildman–Crippen LogP) is 4.08. The van der Waals surface area contributed by atoms with Gasteiger partial charge in [-0.1, -0.05) is 33.6 Å². The maximum atomic E-state index is 11.8. The van der Waals surface area contributed by atoms with E-state index in [0.29, 0.717) is 5.75 Å². The van der Waals surface area contributed by atoms with Crippen molar-refractivity contribution in [3.05, 3.63) is 58.1 Å². The summed E-state index contributed by atoms with van der Waals surface area (Å²) in [6, 6.07) is 13.3. The van der Waals surface area contributed by atoms with E-state index in [9.17, 15) is 4.79 Å². The Bertz CT molecular complexity index is 608. The van der Waals surface area contributed by atoms with Crippen LogP contribution in [0.4, 0.5) is 5.69 Å². The van der Waals surface area contributed by atoms with Crippen LogP contribution in [0.25, 0.3) is 0 Å². The van der Waals surface area contributed by atoms with Crippen molar-refractivity contribution in [2.24, 2.45) is 0 Å². The Morgan fingerprint density at radius 3 is 2.50 bits per heavy atom. The van der Waals surface area contributed by atoms with Crippen molar-refractivity contribution in [1.82, 2.24) is 0 Å². The highest BCUT2D eigenvalue weighted by Gasteiger charge is 2.06. The Labute approximate surface area is 127 Å². The Balaban J connectivity index is 1.90. The Morgan fingerprint density at radius 1 is 1.15 bits per heavy atom. The zero-order chi connectivity index (χ0) is 14.5. The SMILES string of the molecule is Cc1ccc(NC(=O)COc2ccc(Br)cc2)c(C)c1. The van der Waals surface area contributed by atoms with Gasteiger partial charge in [0, 0.05) is 10.2 Å². The van der Waals surface area contributed by atoms with Gasteiger partial charge in [-0.25, -0.2) is 0 Å². The van der Waals surface area contributed by atoms with Crippen LogP contribution in [0.5, 0.6) is 5.75 Å². The lowest BCUT2D eigenvalue weighted by Gasteiger charge is -2.10. The lowest BCUT2D eigenvalue weighted by molar-refractivity contribution is -0.118. The van der Waals surface area contributed by atoms with E-state index in [1.807, 2.05) is 56.3 Å². The molecule has 2 rings (SSSR count). The molecule has 0 aromatic heterocycles. The lowest BCUT2D eigenvalue weighted by Crippen LogP contribution is -2.20. The van der Waals surface area contributed by atoms with E-state index in [1.54, 1.807) is 0 Å². The number of nitrogens with one attached hydrogen (secondary N) is 1.